The van der Waals surface area contributed by atoms with Crippen molar-refractivity contribution in [2.45, 2.75) is 13.3 Å². The minimum Gasteiger partial charge on any atom is -0.148 e. The molecule has 0 nitrogen and oxygen atoms in total. The maximum absolute atomic E-state index is 4.20. The lowest BCUT2D eigenvalue weighted by Crippen LogP contribution is -1.64. The Bertz CT molecular complexity index is 168. The first-order valence-electron chi connectivity index (χ1n) is 3.08. The van der Waals surface area contributed by atoms with E-state index in [1.54, 1.807) is 6.08 Å². The molecule has 0 aromatic heterocycles. The normalized spacial score (nSPS) is 13.5. The smallest absolute Gasteiger partial charge is 0.0169 e. The van der Waals surface area contributed by atoms with Crippen LogP contribution < -0.4 is 0 Å². The van der Waals surface area contributed by atoms with Crippen LogP contribution in [-0.4, -0.2) is 0 Å². The van der Waals surface area contributed by atoms with Gasteiger partial charge in [0.25, 0.3) is 0 Å². The second-order valence-corrected chi connectivity index (χ2v) is 3.26. The van der Waals surface area contributed by atoms with Gasteiger partial charge >= 0.3 is 0 Å². The summed E-state index contributed by atoms with van der Waals surface area (Å²) in [4.78, 5) is 1.07. The van der Waals surface area contributed by atoms with E-state index in [0.29, 0.717) is 0 Å². The molecule has 0 aliphatic heterocycles. The Morgan fingerprint density at radius 2 is 2.20 bits per heavy atom. The zero-order chi connectivity index (χ0) is 7.98. The van der Waals surface area contributed by atoms with Crippen LogP contribution in [0.2, 0.25) is 0 Å². The topological polar surface area (TPSA) is 0 Å². The summed E-state index contributed by atoms with van der Waals surface area (Å²) >= 11 is 7.50. The van der Waals surface area contributed by atoms with Crippen LogP contribution in [0.3, 0.4) is 0 Å². The average Bonchev–Trinajstić information content (AvgIpc) is 1.99. The van der Waals surface area contributed by atoms with Crippen LogP contribution in [0.15, 0.2) is 34.2 Å². The first kappa shape index (κ1) is 10.0. The molecule has 0 unspecified atom stereocenters. The predicted molar refractivity (Wildman–Crippen MR) is 54.6 cm³/mol. The summed E-state index contributed by atoms with van der Waals surface area (Å²) in [5.74, 6) is 0. The average molecular weight is 219 g/mol. The van der Waals surface area contributed by atoms with E-state index in [9.17, 15) is 0 Å². The highest BCUT2D eigenvalue weighted by atomic mass is 79.9. The largest absolute Gasteiger partial charge is 0.148 e. The van der Waals surface area contributed by atoms with Crippen molar-refractivity contribution in [3.63, 3.8) is 0 Å². The van der Waals surface area contributed by atoms with E-state index in [-0.39, 0.29) is 0 Å². The maximum atomic E-state index is 4.20. The first-order chi connectivity index (χ1) is 4.70. The minimum absolute atomic E-state index is 0.969. The van der Waals surface area contributed by atoms with Crippen molar-refractivity contribution in [1.29, 1.82) is 0 Å². The zero-order valence-electron chi connectivity index (χ0n) is 5.97. The van der Waals surface area contributed by atoms with E-state index in [4.69, 9.17) is 0 Å². The van der Waals surface area contributed by atoms with Crippen molar-refractivity contribution < 1.29 is 0 Å². The lowest BCUT2D eigenvalue weighted by Gasteiger charge is -1.88. The summed E-state index contributed by atoms with van der Waals surface area (Å²) in [6.45, 7) is 5.66. The summed E-state index contributed by atoms with van der Waals surface area (Å²) in [5, 5.41) is 0. The van der Waals surface area contributed by atoms with Gasteiger partial charge < -0.3 is 0 Å². The molecule has 0 rings (SSSR count). The molecule has 0 bridgehead atoms. The summed E-state index contributed by atoms with van der Waals surface area (Å²) < 4.78 is 0.979. The van der Waals surface area contributed by atoms with Crippen LogP contribution in [0.1, 0.15) is 13.3 Å². The Balaban J connectivity index is 4.03. The fourth-order valence-corrected chi connectivity index (χ4v) is 0.568. The number of rotatable bonds is 3. The third kappa shape index (κ3) is 4.89. The lowest BCUT2D eigenvalue weighted by molar-refractivity contribution is 1.20. The van der Waals surface area contributed by atoms with E-state index in [2.05, 4.69) is 42.1 Å². The molecule has 0 heterocycles. The molecule has 0 atom stereocenters. The molecular formula is C8H11BrS. The van der Waals surface area contributed by atoms with Gasteiger partial charge in [-0.2, -0.15) is 0 Å². The minimum atomic E-state index is 0.969. The van der Waals surface area contributed by atoms with Crippen LogP contribution in [0.4, 0.5) is 0 Å². The predicted octanol–water partition coefficient (Wildman–Crippen LogP) is 3.67. The van der Waals surface area contributed by atoms with E-state index in [0.717, 1.165) is 15.8 Å². The van der Waals surface area contributed by atoms with Crippen molar-refractivity contribution in [3.8, 4) is 0 Å². The second kappa shape index (κ2) is 5.81. The number of thiol groups is 1. The van der Waals surface area contributed by atoms with Gasteiger partial charge in [-0.3, -0.25) is 0 Å². The van der Waals surface area contributed by atoms with Crippen molar-refractivity contribution in [2.75, 3.05) is 0 Å². The summed E-state index contributed by atoms with van der Waals surface area (Å²) in [6.07, 6.45) is 6.60. The van der Waals surface area contributed by atoms with E-state index in [1.807, 2.05) is 12.2 Å². The molecule has 10 heavy (non-hydrogen) atoms. The number of hydrogen-bond donors (Lipinski definition) is 1. The molecule has 2 heteroatoms. The van der Waals surface area contributed by atoms with Crippen LogP contribution >= 0.6 is 28.6 Å². The highest BCUT2D eigenvalue weighted by Crippen LogP contribution is 2.09. The van der Waals surface area contributed by atoms with Crippen LogP contribution in [-0.2, 0) is 0 Å². The Hall–Kier alpha value is 0.0500. The van der Waals surface area contributed by atoms with Crippen LogP contribution in [0.25, 0.3) is 0 Å². The molecule has 0 aromatic carbocycles. The van der Waals surface area contributed by atoms with Gasteiger partial charge in [-0.05, 0) is 17.4 Å². The maximum Gasteiger partial charge on any atom is 0.0169 e. The first-order valence-corrected chi connectivity index (χ1v) is 4.32. The van der Waals surface area contributed by atoms with E-state index in [1.165, 1.54) is 0 Å². The van der Waals surface area contributed by atoms with Crippen LogP contribution in [0.5, 0.6) is 0 Å². The van der Waals surface area contributed by atoms with Gasteiger partial charge in [0.15, 0.2) is 0 Å². The van der Waals surface area contributed by atoms with Gasteiger partial charge in [0.1, 0.15) is 0 Å². The molecule has 0 saturated heterocycles. The van der Waals surface area contributed by atoms with Crippen molar-refractivity contribution in [3.05, 3.63) is 34.2 Å². The zero-order valence-corrected chi connectivity index (χ0v) is 8.45. The second-order valence-electron chi connectivity index (χ2n) is 1.77. The monoisotopic (exact) mass is 218 g/mol. The molecule has 0 radical (unpaired) electrons. The van der Waals surface area contributed by atoms with E-state index >= 15 is 0 Å². The summed E-state index contributed by atoms with van der Waals surface area (Å²) in [5.41, 5.74) is 0. The molecule has 0 amide bonds. The number of allylic oxidation sites excluding steroid dienone is 5. The Labute approximate surface area is 76.2 Å². The molecule has 0 N–H and O–H groups in total. The van der Waals surface area contributed by atoms with Gasteiger partial charge in [0, 0.05) is 4.48 Å². The van der Waals surface area contributed by atoms with Gasteiger partial charge in [-0.25, -0.2) is 0 Å². The Morgan fingerprint density at radius 3 is 2.60 bits per heavy atom. The molecule has 0 fully saturated rings. The van der Waals surface area contributed by atoms with Crippen molar-refractivity contribution in [1.82, 2.24) is 0 Å². The molecule has 0 saturated carbocycles. The lowest BCUT2D eigenvalue weighted by atomic mass is 10.4. The molecule has 0 aliphatic rings. The molecule has 0 aromatic rings. The fraction of sp³-hybridized carbons (Fsp3) is 0.250. The highest BCUT2D eigenvalue weighted by Gasteiger charge is 1.81. The number of hydrogen-bond acceptors (Lipinski definition) is 1. The van der Waals surface area contributed by atoms with Crippen molar-refractivity contribution in [2.24, 2.45) is 0 Å². The van der Waals surface area contributed by atoms with Gasteiger partial charge in [0.2, 0.25) is 0 Å². The molecule has 0 aliphatic carbocycles. The fourth-order valence-electron chi connectivity index (χ4n) is 0.362. The molecule has 56 valence electrons. The standard InChI is InChI=1S/C8H11BrS/c1-3-7(9)5-6-8(10)4-2/h3,5-6,10H,1,4H2,2H3/b7-5+,8-6+. The van der Waals surface area contributed by atoms with Gasteiger partial charge in [0.05, 0.1) is 0 Å². The van der Waals surface area contributed by atoms with Gasteiger partial charge in [-0.1, -0.05) is 41.6 Å². The molecule has 0 spiro atoms. The number of halogens is 1. The third-order valence-electron chi connectivity index (χ3n) is 0.992. The summed E-state index contributed by atoms with van der Waals surface area (Å²) in [7, 11) is 0. The Morgan fingerprint density at radius 1 is 1.60 bits per heavy atom. The van der Waals surface area contributed by atoms with Crippen molar-refractivity contribution >= 4 is 28.6 Å². The molecular weight excluding hydrogens is 208 g/mol. The van der Waals surface area contributed by atoms with Gasteiger partial charge in [-0.15, -0.1) is 12.6 Å². The Kier molecular flexibility index (Phi) is 5.84. The summed E-state index contributed by atoms with van der Waals surface area (Å²) in [6, 6.07) is 0. The third-order valence-corrected chi connectivity index (χ3v) is 2.05. The van der Waals surface area contributed by atoms with E-state index < -0.39 is 0 Å². The SMILES string of the molecule is C=C/C(Br)=C\C=C(\S)CC. The quantitative estimate of drug-likeness (QED) is 0.543. The highest BCUT2D eigenvalue weighted by molar-refractivity contribution is 9.11. The van der Waals surface area contributed by atoms with Crippen LogP contribution in [0, 0.1) is 0 Å².